The standard InChI is InChI=1S/C30H35ClN4O/c31-24-5-4-6-25-27(24)28(36)33-29-30(13-2-1-3-14-30)23-8-7-21(19-26(23)35(25)29)20-11-17-34(18-12-20)22-9-15-32-16-10-22/h4-8,19-20,22,32H,1-3,9-18H2. The summed E-state index contributed by atoms with van der Waals surface area (Å²) >= 11 is 6.54. The molecule has 1 N–H and O–H groups in total. The average Bonchev–Trinajstić information content (AvgIpc) is 3.18. The zero-order valence-corrected chi connectivity index (χ0v) is 21.7. The van der Waals surface area contributed by atoms with Crippen LogP contribution in [-0.2, 0) is 5.41 Å². The van der Waals surface area contributed by atoms with Gasteiger partial charge in [-0.1, -0.05) is 49.1 Å². The summed E-state index contributed by atoms with van der Waals surface area (Å²) in [6.45, 7) is 4.70. The van der Waals surface area contributed by atoms with E-state index in [1.54, 1.807) is 6.07 Å². The van der Waals surface area contributed by atoms with Gasteiger partial charge in [0, 0.05) is 6.04 Å². The minimum atomic E-state index is -0.190. The number of hydrogen-bond acceptors (Lipinski definition) is 4. The number of piperidine rings is 2. The predicted octanol–water partition coefficient (Wildman–Crippen LogP) is 5.53. The molecule has 3 aromatic rings. The van der Waals surface area contributed by atoms with Crippen LogP contribution in [0.3, 0.4) is 0 Å². The molecule has 6 heteroatoms. The second kappa shape index (κ2) is 8.97. The van der Waals surface area contributed by atoms with Gasteiger partial charge in [0.05, 0.1) is 27.0 Å². The summed E-state index contributed by atoms with van der Waals surface area (Å²) in [4.78, 5) is 20.7. The number of fused-ring (bicyclic) bond motifs is 7. The van der Waals surface area contributed by atoms with Gasteiger partial charge in [-0.25, -0.2) is 0 Å². The van der Waals surface area contributed by atoms with E-state index >= 15 is 0 Å². The van der Waals surface area contributed by atoms with Gasteiger partial charge < -0.3 is 10.2 Å². The molecule has 7 rings (SSSR count). The van der Waals surface area contributed by atoms with E-state index in [0.29, 0.717) is 16.3 Å². The zero-order valence-electron chi connectivity index (χ0n) is 20.9. The number of benzene rings is 2. The molecule has 1 aliphatic carbocycles. The molecule has 3 aliphatic heterocycles. The quantitative estimate of drug-likeness (QED) is 0.500. The van der Waals surface area contributed by atoms with Crippen LogP contribution in [0, 0.1) is 0 Å². The van der Waals surface area contributed by atoms with E-state index in [1.807, 2.05) is 12.1 Å². The van der Waals surface area contributed by atoms with Gasteiger partial charge in [0.1, 0.15) is 5.82 Å². The third-order valence-electron chi connectivity index (χ3n) is 9.61. The molecule has 0 unspecified atom stereocenters. The van der Waals surface area contributed by atoms with E-state index in [2.05, 4.69) is 33.0 Å². The third kappa shape index (κ3) is 3.50. The van der Waals surface area contributed by atoms with Crippen molar-refractivity contribution in [2.45, 2.75) is 75.2 Å². The molecular formula is C30H35ClN4O. The topological polar surface area (TPSA) is 50.2 Å². The summed E-state index contributed by atoms with van der Waals surface area (Å²) in [6.07, 6.45) is 10.7. The maximum atomic E-state index is 13.2. The van der Waals surface area contributed by atoms with Crippen LogP contribution in [0.4, 0.5) is 0 Å². The molecular weight excluding hydrogens is 468 g/mol. The van der Waals surface area contributed by atoms with Crippen LogP contribution in [0.25, 0.3) is 16.6 Å². The van der Waals surface area contributed by atoms with Gasteiger partial charge in [0.2, 0.25) is 0 Å². The van der Waals surface area contributed by atoms with Crippen molar-refractivity contribution in [1.82, 2.24) is 19.8 Å². The number of nitrogens with zero attached hydrogens (tertiary/aromatic N) is 3. The molecule has 1 spiro atoms. The van der Waals surface area contributed by atoms with Crippen LogP contribution in [0.15, 0.2) is 41.2 Å². The first-order valence-electron chi connectivity index (χ1n) is 14.0. The Morgan fingerprint density at radius 1 is 0.972 bits per heavy atom. The number of rotatable bonds is 2. The number of nitrogens with one attached hydrogen (secondary N) is 1. The lowest BCUT2D eigenvalue weighted by molar-refractivity contribution is 0.127. The molecule has 188 valence electrons. The van der Waals surface area contributed by atoms with Crippen LogP contribution in [-0.4, -0.2) is 46.7 Å². The lowest BCUT2D eigenvalue weighted by Crippen LogP contribution is -2.46. The maximum Gasteiger partial charge on any atom is 0.282 e. The fraction of sp³-hybridized carbons (Fsp3) is 0.533. The van der Waals surface area contributed by atoms with Gasteiger partial charge in [0.15, 0.2) is 0 Å². The van der Waals surface area contributed by atoms with Crippen molar-refractivity contribution < 1.29 is 0 Å². The van der Waals surface area contributed by atoms with Gasteiger partial charge in [-0.05, 0) is 99.9 Å². The van der Waals surface area contributed by atoms with E-state index < -0.39 is 0 Å². The lowest BCUT2D eigenvalue weighted by Gasteiger charge is -2.39. The minimum Gasteiger partial charge on any atom is -0.317 e. The Morgan fingerprint density at radius 2 is 1.75 bits per heavy atom. The average molecular weight is 503 g/mol. The van der Waals surface area contributed by atoms with E-state index in [4.69, 9.17) is 16.6 Å². The third-order valence-corrected chi connectivity index (χ3v) is 9.92. The summed E-state index contributed by atoms with van der Waals surface area (Å²) in [5.74, 6) is 1.52. The highest BCUT2D eigenvalue weighted by Gasteiger charge is 2.46. The second-order valence-corrected chi connectivity index (χ2v) is 11.8. The summed E-state index contributed by atoms with van der Waals surface area (Å²) < 4.78 is 2.29. The fourth-order valence-corrected chi connectivity index (χ4v) is 7.97. The SMILES string of the molecule is O=c1nc2n(c3cccc(Cl)c13)-c1cc(C3CCN(C4CCNCC4)CC3)ccc1C21CCCCC1. The highest BCUT2D eigenvalue weighted by Crippen LogP contribution is 2.52. The number of aromatic nitrogens is 2. The van der Waals surface area contributed by atoms with Crippen molar-refractivity contribution in [2.75, 3.05) is 26.2 Å². The Balaban J connectivity index is 1.30. The van der Waals surface area contributed by atoms with Gasteiger partial charge in [0.25, 0.3) is 5.56 Å². The Kier molecular flexibility index (Phi) is 5.72. The van der Waals surface area contributed by atoms with E-state index in [0.717, 1.165) is 43.3 Å². The molecule has 2 saturated heterocycles. The van der Waals surface area contributed by atoms with E-state index in [9.17, 15) is 4.79 Å². The Hall–Kier alpha value is -2.21. The van der Waals surface area contributed by atoms with Crippen LogP contribution < -0.4 is 10.9 Å². The fourth-order valence-electron chi connectivity index (χ4n) is 7.72. The van der Waals surface area contributed by atoms with Gasteiger partial charge in [-0.15, -0.1) is 0 Å². The molecule has 4 heterocycles. The lowest BCUT2D eigenvalue weighted by atomic mass is 9.69. The molecule has 0 radical (unpaired) electrons. The first kappa shape index (κ1) is 22.9. The van der Waals surface area contributed by atoms with Crippen molar-refractivity contribution in [3.05, 3.63) is 68.7 Å². The molecule has 3 fully saturated rings. The number of halogens is 1. The minimum absolute atomic E-state index is 0.153. The molecule has 36 heavy (non-hydrogen) atoms. The van der Waals surface area contributed by atoms with Crippen molar-refractivity contribution >= 4 is 22.5 Å². The highest BCUT2D eigenvalue weighted by atomic mass is 35.5. The molecule has 1 saturated carbocycles. The molecule has 1 aromatic heterocycles. The largest absolute Gasteiger partial charge is 0.317 e. The molecule has 0 bridgehead atoms. The van der Waals surface area contributed by atoms with Crippen molar-refractivity contribution in [3.63, 3.8) is 0 Å². The molecule has 2 aromatic carbocycles. The van der Waals surface area contributed by atoms with E-state index in [1.165, 1.54) is 74.8 Å². The first-order valence-corrected chi connectivity index (χ1v) is 14.3. The van der Waals surface area contributed by atoms with Crippen LogP contribution in [0.1, 0.15) is 80.7 Å². The molecule has 0 atom stereocenters. The predicted molar refractivity (Wildman–Crippen MR) is 146 cm³/mol. The number of hydrogen-bond donors (Lipinski definition) is 1. The first-order chi connectivity index (χ1) is 17.7. The van der Waals surface area contributed by atoms with Crippen molar-refractivity contribution in [3.8, 4) is 5.69 Å². The summed E-state index contributed by atoms with van der Waals surface area (Å²) in [7, 11) is 0. The summed E-state index contributed by atoms with van der Waals surface area (Å²) in [5, 5.41) is 4.54. The maximum absolute atomic E-state index is 13.2. The summed E-state index contributed by atoms with van der Waals surface area (Å²) in [6, 6.07) is 13.8. The van der Waals surface area contributed by atoms with Gasteiger partial charge in [-0.3, -0.25) is 9.36 Å². The Bertz CT molecular complexity index is 1360. The normalized spacial score (nSPS) is 22.7. The second-order valence-electron chi connectivity index (χ2n) is 11.4. The zero-order chi connectivity index (χ0) is 24.3. The Morgan fingerprint density at radius 3 is 2.53 bits per heavy atom. The highest BCUT2D eigenvalue weighted by molar-refractivity contribution is 6.35. The molecule has 5 nitrogen and oxygen atoms in total. The van der Waals surface area contributed by atoms with E-state index in [-0.39, 0.29) is 11.0 Å². The molecule has 4 aliphatic rings. The van der Waals surface area contributed by atoms with Gasteiger partial charge >= 0.3 is 0 Å². The van der Waals surface area contributed by atoms with Crippen molar-refractivity contribution in [1.29, 1.82) is 0 Å². The van der Waals surface area contributed by atoms with Crippen LogP contribution >= 0.6 is 11.6 Å². The Labute approximate surface area is 217 Å². The van der Waals surface area contributed by atoms with Crippen LogP contribution in [0.5, 0.6) is 0 Å². The van der Waals surface area contributed by atoms with Crippen LogP contribution in [0.2, 0.25) is 5.02 Å². The smallest absolute Gasteiger partial charge is 0.282 e. The molecule has 0 amide bonds. The summed E-state index contributed by atoms with van der Waals surface area (Å²) in [5.41, 5.74) is 4.58. The van der Waals surface area contributed by atoms with Crippen molar-refractivity contribution in [2.24, 2.45) is 0 Å². The van der Waals surface area contributed by atoms with Gasteiger partial charge in [-0.2, -0.15) is 4.98 Å². The number of likely N-dealkylation sites (tertiary alicyclic amines) is 1. The monoisotopic (exact) mass is 502 g/mol.